The third-order valence-corrected chi connectivity index (χ3v) is 4.63. The molecule has 0 fully saturated rings. The smallest absolute Gasteiger partial charge is 0.107 e. The summed E-state index contributed by atoms with van der Waals surface area (Å²) in [5, 5.41) is 2.08. The maximum absolute atomic E-state index is 6.17. The average Bonchev–Trinajstić information content (AvgIpc) is 2.68. The van der Waals surface area contributed by atoms with E-state index in [0.29, 0.717) is 5.41 Å². The molecule has 0 aliphatic rings. The topological polar surface area (TPSA) is 35.2 Å². The van der Waals surface area contributed by atoms with E-state index in [9.17, 15) is 0 Å². The van der Waals surface area contributed by atoms with Gasteiger partial charge in [0.1, 0.15) is 6.10 Å². The second kappa shape index (κ2) is 7.04. The highest BCUT2D eigenvalue weighted by Crippen LogP contribution is 2.31. The summed E-state index contributed by atoms with van der Waals surface area (Å²) in [5.74, 6) is 0. The van der Waals surface area contributed by atoms with Gasteiger partial charge in [-0.25, -0.2) is 0 Å². The Morgan fingerprint density at radius 1 is 1.44 bits per heavy atom. The first kappa shape index (κ1) is 16.2. The summed E-state index contributed by atoms with van der Waals surface area (Å²) < 4.78 is 7.14. The van der Waals surface area contributed by atoms with Crippen molar-refractivity contribution in [1.82, 2.24) is 0 Å². The predicted molar refractivity (Wildman–Crippen MR) is 83.1 cm³/mol. The molecule has 0 saturated carbocycles. The first-order valence-corrected chi connectivity index (χ1v) is 8.12. The summed E-state index contributed by atoms with van der Waals surface area (Å²) in [5.41, 5.74) is 6.48. The zero-order chi connectivity index (χ0) is 13.8. The molecule has 0 saturated heterocycles. The summed E-state index contributed by atoms with van der Waals surface area (Å²) in [6.45, 7) is 9.55. The molecule has 0 spiro atoms. The molecule has 2 unspecified atom stereocenters. The minimum Gasteiger partial charge on any atom is -0.371 e. The van der Waals surface area contributed by atoms with Gasteiger partial charge in [0, 0.05) is 27.4 Å². The fourth-order valence-electron chi connectivity index (χ4n) is 1.60. The molecular weight excluding hydrogens is 310 g/mol. The SMILES string of the molecule is CCC(N)C(OCCC(C)(C)C)c1cc(Br)cs1. The zero-order valence-corrected chi connectivity index (χ0v) is 14.1. The Kier molecular flexibility index (Phi) is 6.31. The van der Waals surface area contributed by atoms with Crippen LogP contribution in [0.3, 0.4) is 0 Å². The van der Waals surface area contributed by atoms with Crippen LogP contribution < -0.4 is 5.73 Å². The standard InChI is InChI=1S/C14H24BrNOS/c1-5-11(16)13(12-8-10(15)9-18-12)17-7-6-14(2,3)4/h8-9,11,13H,5-7,16H2,1-4H3. The Hall–Kier alpha value is 0.1000. The number of ether oxygens (including phenoxy) is 1. The van der Waals surface area contributed by atoms with Crippen molar-refractivity contribution < 1.29 is 4.74 Å². The van der Waals surface area contributed by atoms with Gasteiger partial charge in [-0.05, 0) is 40.3 Å². The highest BCUT2D eigenvalue weighted by Gasteiger charge is 2.22. The van der Waals surface area contributed by atoms with Crippen molar-refractivity contribution in [1.29, 1.82) is 0 Å². The van der Waals surface area contributed by atoms with Gasteiger partial charge < -0.3 is 10.5 Å². The first-order chi connectivity index (χ1) is 8.33. The normalized spacial score (nSPS) is 15.7. The Morgan fingerprint density at radius 3 is 2.56 bits per heavy atom. The molecule has 0 radical (unpaired) electrons. The van der Waals surface area contributed by atoms with Crippen molar-refractivity contribution in [2.75, 3.05) is 6.61 Å². The minimum absolute atomic E-state index is 0.0219. The lowest BCUT2D eigenvalue weighted by Gasteiger charge is -2.25. The van der Waals surface area contributed by atoms with Crippen molar-refractivity contribution in [2.45, 2.75) is 52.7 Å². The van der Waals surface area contributed by atoms with Crippen LogP contribution in [0.5, 0.6) is 0 Å². The van der Waals surface area contributed by atoms with Crippen LogP contribution in [-0.2, 0) is 4.74 Å². The number of thiophene rings is 1. The molecule has 1 heterocycles. The van der Waals surface area contributed by atoms with Gasteiger partial charge in [-0.15, -0.1) is 11.3 Å². The molecule has 0 aliphatic heterocycles. The molecule has 1 aromatic heterocycles. The number of hydrogen-bond donors (Lipinski definition) is 1. The molecule has 0 amide bonds. The number of hydrogen-bond acceptors (Lipinski definition) is 3. The summed E-state index contributed by atoms with van der Waals surface area (Å²) >= 11 is 5.19. The van der Waals surface area contributed by atoms with Crippen LogP contribution in [0.2, 0.25) is 0 Å². The highest BCUT2D eigenvalue weighted by molar-refractivity contribution is 9.10. The summed E-state index contributed by atoms with van der Waals surface area (Å²) in [7, 11) is 0. The molecule has 2 N–H and O–H groups in total. The third kappa shape index (κ3) is 5.39. The molecule has 0 bridgehead atoms. The van der Waals surface area contributed by atoms with E-state index < -0.39 is 0 Å². The van der Waals surface area contributed by atoms with Crippen LogP contribution in [0.15, 0.2) is 15.9 Å². The van der Waals surface area contributed by atoms with E-state index in [1.165, 1.54) is 4.88 Å². The number of rotatable bonds is 6. The molecule has 1 aromatic rings. The molecule has 104 valence electrons. The van der Waals surface area contributed by atoms with Crippen LogP contribution in [-0.4, -0.2) is 12.6 Å². The Morgan fingerprint density at radius 2 is 2.11 bits per heavy atom. The van der Waals surface area contributed by atoms with Gasteiger partial charge in [-0.2, -0.15) is 0 Å². The molecule has 0 aliphatic carbocycles. The fraction of sp³-hybridized carbons (Fsp3) is 0.714. The summed E-state index contributed by atoms with van der Waals surface area (Å²) in [6, 6.07) is 2.18. The van der Waals surface area contributed by atoms with Gasteiger partial charge >= 0.3 is 0 Å². The maximum Gasteiger partial charge on any atom is 0.107 e. The van der Waals surface area contributed by atoms with Gasteiger partial charge in [0.15, 0.2) is 0 Å². The van der Waals surface area contributed by atoms with E-state index in [2.05, 4.69) is 55.1 Å². The molecule has 2 nitrogen and oxygen atoms in total. The largest absolute Gasteiger partial charge is 0.371 e. The monoisotopic (exact) mass is 333 g/mol. The number of nitrogens with two attached hydrogens (primary N) is 1. The number of halogens is 1. The Labute approximate surface area is 123 Å². The molecule has 1 rings (SSSR count). The second-order valence-electron chi connectivity index (χ2n) is 5.84. The lowest BCUT2D eigenvalue weighted by Crippen LogP contribution is -2.29. The summed E-state index contributed by atoms with van der Waals surface area (Å²) in [6.07, 6.45) is 2.00. The van der Waals surface area contributed by atoms with Crippen molar-refractivity contribution in [3.05, 3.63) is 20.8 Å². The van der Waals surface area contributed by atoms with E-state index >= 15 is 0 Å². The lowest BCUT2D eigenvalue weighted by atomic mass is 9.93. The maximum atomic E-state index is 6.17. The van der Waals surface area contributed by atoms with Crippen LogP contribution in [0.25, 0.3) is 0 Å². The van der Waals surface area contributed by atoms with Crippen LogP contribution >= 0.6 is 27.3 Å². The van der Waals surface area contributed by atoms with Crippen LogP contribution in [0.4, 0.5) is 0 Å². The predicted octanol–water partition coefficient (Wildman–Crippen LogP) is 4.74. The van der Waals surface area contributed by atoms with E-state index in [4.69, 9.17) is 10.5 Å². The molecule has 0 aromatic carbocycles. The third-order valence-electron chi connectivity index (χ3n) is 2.88. The zero-order valence-electron chi connectivity index (χ0n) is 11.7. The van der Waals surface area contributed by atoms with Gasteiger partial charge in [-0.3, -0.25) is 0 Å². The van der Waals surface area contributed by atoms with E-state index in [1.807, 2.05) is 0 Å². The molecule has 18 heavy (non-hydrogen) atoms. The van der Waals surface area contributed by atoms with E-state index in [-0.39, 0.29) is 12.1 Å². The lowest BCUT2D eigenvalue weighted by molar-refractivity contribution is 0.0221. The summed E-state index contributed by atoms with van der Waals surface area (Å²) in [4.78, 5) is 1.21. The second-order valence-corrected chi connectivity index (χ2v) is 7.70. The molecular formula is C14H24BrNOS. The Balaban J connectivity index is 2.62. The van der Waals surface area contributed by atoms with Gasteiger partial charge in [-0.1, -0.05) is 27.7 Å². The van der Waals surface area contributed by atoms with Crippen molar-refractivity contribution in [3.63, 3.8) is 0 Å². The van der Waals surface area contributed by atoms with Gasteiger partial charge in [0.05, 0.1) is 0 Å². The highest BCUT2D eigenvalue weighted by atomic mass is 79.9. The first-order valence-electron chi connectivity index (χ1n) is 6.44. The van der Waals surface area contributed by atoms with E-state index in [1.54, 1.807) is 11.3 Å². The minimum atomic E-state index is 0.0219. The average molecular weight is 334 g/mol. The quantitative estimate of drug-likeness (QED) is 0.815. The van der Waals surface area contributed by atoms with Crippen molar-refractivity contribution in [2.24, 2.45) is 11.1 Å². The molecule has 2 atom stereocenters. The van der Waals surface area contributed by atoms with Crippen LogP contribution in [0, 0.1) is 5.41 Å². The van der Waals surface area contributed by atoms with Crippen LogP contribution in [0.1, 0.15) is 51.5 Å². The van der Waals surface area contributed by atoms with Gasteiger partial charge in [0.2, 0.25) is 0 Å². The van der Waals surface area contributed by atoms with Crippen molar-refractivity contribution >= 4 is 27.3 Å². The van der Waals surface area contributed by atoms with Crippen molar-refractivity contribution in [3.8, 4) is 0 Å². The Bertz CT molecular complexity index is 359. The fourth-order valence-corrected chi connectivity index (χ4v) is 3.17. The molecule has 4 heteroatoms. The van der Waals surface area contributed by atoms with E-state index in [0.717, 1.165) is 23.9 Å². The van der Waals surface area contributed by atoms with Gasteiger partial charge in [0.25, 0.3) is 0 Å².